The zero-order valence-corrected chi connectivity index (χ0v) is 14.2. The van der Waals surface area contributed by atoms with Gasteiger partial charge in [-0.3, -0.25) is 9.59 Å². The smallest absolute Gasteiger partial charge is 0.338 e. The lowest BCUT2D eigenvalue weighted by molar-refractivity contribution is -0.115. The maximum Gasteiger partial charge on any atom is 0.338 e. The van der Waals surface area contributed by atoms with Crippen molar-refractivity contribution in [1.29, 1.82) is 0 Å². The van der Waals surface area contributed by atoms with Crippen molar-refractivity contribution in [3.63, 3.8) is 0 Å². The van der Waals surface area contributed by atoms with Crippen molar-refractivity contribution in [1.82, 2.24) is 5.32 Å². The summed E-state index contributed by atoms with van der Waals surface area (Å²) in [5.41, 5.74) is 2.32. The summed E-state index contributed by atoms with van der Waals surface area (Å²) in [6.45, 7) is 3.72. The number of rotatable bonds is 6. The lowest BCUT2D eigenvalue weighted by Crippen LogP contribution is -2.33. The molecule has 0 unspecified atom stereocenters. The Bertz CT molecular complexity index is 769. The van der Waals surface area contributed by atoms with E-state index in [0.717, 1.165) is 5.56 Å². The molecule has 2 aromatic rings. The molecule has 0 heterocycles. The van der Waals surface area contributed by atoms with Gasteiger partial charge in [-0.15, -0.1) is 0 Å². The third kappa shape index (κ3) is 5.17. The Morgan fingerprint density at radius 2 is 1.68 bits per heavy atom. The number of nitrogens with one attached hydrogen (secondary N) is 2. The fourth-order valence-electron chi connectivity index (χ4n) is 2.19. The third-order valence-corrected chi connectivity index (χ3v) is 3.48. The normalized spacial score (nSPS) is 10.0. The van der Waals surface area contributed by atoms with Crippen molar-refractivity contribution < 1.29 is 19.1 Å². The highest BCUT2D eigenvalue weighted by Crippen LogP contribution is 2.10. The van der Waals surface area contributed by atoms with Gasteiger partial charge in [0.2, 0.25) is 5.91 Å². The van der Waals surface area contributed by atoms with Gasteiger partial charge in [0.05, 0.1) is 18.7 Å². The maximum atomic E-state index is 12.1. The summed E-state index contributed by atoms with van der Waals surface area (Å²) in [7, 11) is 0. The number of ether oxygens (including phenoxy) is 1. The van der Waals surface area contributed by atoms with Gasteiger partial charge in [-0.1, -0.05) is 18.2 Å². The SMILES string of the molecule is CCOC(=O)c1ccc(NC(=O)CNC(=O)c2ccccc2C)cc1. The maximum absolute atomic E-state index is 12.1. The van der Waals surface area contributed by atoms with Gasteiger partial charge in [0, 0.05) is 11.3 Å². The Morgan fingerprint density at radius 1 is 1.00 bits per heavy atom. The van der Waals surface area contributed by atoms with Crippen LogP contribution in [0.2, 0.25) is 0 Å². The van der Waals surface area contributed by atoms with Crippen molar-refractivity contribution in [3.05, 3.63) is 65.2 Å². The largest absolute Gasteiger partial charge is 0.462 e. The summed E-state index contributed by atoms with van der Waals surface area (Å²) in [5, 5.41) is 5.24. The fourth-order valence-corrected chi connectivity index (χ4v) is 2.19. The van der Waals surface area contributed by atoms with Crippen molar-refractivity contribution in [2.45, 2.75) is 13.8 Å². The van der Waals surface area contributed by atoms with Gasteiger partial charge in [0.15, 0.2) is 0 Å². The van der Waals surface area contributed by atoms with E-state index in [0.29, 0.717) is 23.4 Å². The topological polar surface area (TPSA) is 84.5 Å². The predicted octanol–water partition coefficient (Wildman–Crippen LogP) is 2.54. The van der Waals surface area contributed by atoms with E-state index in [1.165, 1.54) is 0 Å². The predicted molar refractivity (Wildman–Crippen MR) is 94.5 cm³/mol. The molecule has 0 aliphatic rings. The first-order chi connectivity index (χ1) is 12.0. The van der Waals surface area contributed by atoms with E-state index in [9.17, 15) is 14.4 Å². The number of hydrogen-bond acceptors (Lipinski definition) is 4. The van der Waals surface area contributed by atoms with Gasteiger partial charge in [-0.25, -0.2) is 4.79 Å². The van der Waals surface area contributed by atoms with Crippen LogP contribution in [0.1, 0.15) is 33.2 Å². The van der Waals surface area contributed by atoms with Crippen LogP contribution in [0.3, 0.4) is 0 Å². The van der Waals surface area contributed by atoms with Crippen LogP contribution in [0.4, 0.5) is 5.69 Å². The standard InChI is InChI=1S/C19H20N2O4/c1-3-25-19(24)14-8-10-15(11-9-14)21-17(22)12-20-18(23)16-7-5-4-6-13(16)2/h4-11H,3,12H2,1-2H3,(H,20,23)(H,21,22). The van der Waals surface area contributed by atoms with E-state index in [1.807, 2.05) is 19.1 Å². The van der Waals surface area contributed by atoms with Gasteiger partial charge < -0.3 is 15.4 Å². The van der Waals surface area contributed by atoms with E-state index in [2.05, 4.69) is 10.6 Å². The number of carbonyl (C=O) groups is 3. The quantitative estimate of drug-likeness (QED) is 0.792. The molecule has 0 fully saturated rings. The van der Waals surface area contributed by atoms with Gasteiger partial charge >= 0.3 is 5.97 Å². The molecular weight excluding hydrogens is 320 g/mol. The molecule has 130 valence electrons. The van der Waals surface area contributed by atoms with Crippen LogP contribution >= 0.6 is 0 Å². The molecule has 0 aromatic heterocycles. The van der Waals surface area contributed by atoms with Gasteiger partial charge in [-0.2, -0.15) is 0 Å². The van der Waals surface area contributed by atoms with E-state index < -0.39 is 5.97 Å². The second-order valence-electron chi connectivity index (χ2n) is 5.34. The summed E-state index contributed by atoms with van der Waals surface area (Å²) in [5.74, 6) is -1.07. The van der Waals surface area contributed by atoms with E-state index in [-0.39, 0.29) is 18.4 Å². The second-order valence-corrected chi connectivity index (χ2v) is 5.34. The van der Waals surface area contributed by atoms with Gasteiger partial charge in [-0.05, 0) is 49.7 Å². The van der Waals surface area contributed by atoms with Crippen LogP contribution in [0.15, 0.2) is 48.5 Å². The van der Waals surface area contributed by atoms with E-state index in [1.54, 1.807) is 43.3 Å². The summed E-state index contributed by atoms with van der Waals surface area (Å²) in [4.78, 5) is 35.6. The lowest BCUT2D eigenvalue weighted by atomic mass is 10.1. The minimum absolute atomic E-state index is 0.146. The van der Waals surface area contributed by atoms with Gasteiger partial charge in [0.1, 0.15) is 0 Å². The number of hydrogen-bond donors (Lipinski definition) is 2. The zero-order valence-electron chi connectivity index (χ0n) is 14.2. The Labute approximate surface area is 146 Å². The number of amides is 2. The highest BCUT2D eigenvalue weighted by molar-refractivity contribution is 6.00. The zero-order chi connectivity index (χ0) is 18.2. The molecule has 0 bridgehead atoms. The molecule has 0 aliphatic carbocycles. The minimum Gasteiger partial charge on any atom is -0.462 e. The van der Waals surface area contributed by atoms with E-state index in [4.69, 9.17) is 4.74 Å². The summed E-state index contributed by atoms with van der Waals surface area (Å²) < 4.78 is 4.89. The molecule has 6 heteroatoms. The Morgan fingerprint density at radius 3 is 2.32 bits per heavy atom. The molecule has 0 saturated heterocycles. The van der Waals surface area contributed by atoms with Gasteiger partial charge in [0.25, 0.3) is 5.91 Å². The van der Waals surface area contributed by atoms with Crippen LogP contribution in [0.25, 0.3) is 0 Å². The number of benzene rings is 2. The Kier molecular flexibility index (Phi) is 6.28. The molecule has 0 aliphatic heterocycles. The molecular formula is C19H20N2O4. The summed E-state index contributed by atoms with van der Waals surface area (Å²) in [6.07, 6.45) is 0. The molecule has 0 atom stereocenters. The highest BCUT2D eigenvalue weighted by atomic mass is 16.5. The van der Waals surface area contributed by atoms with Crippen molar-refractivity contribution in [2.24, 2.45) is 0 Å². The van der Waals surface area contributed by atoms with E-state index >= 15 is 0 Å². The minimum atomic E-state index is -0.411. The molecule has 0 spiro atoms. The molecule has 2 rings (SSSR count). The Hall–Kier alpha value is -3.15. The van der Waals surface area contributed by atoms with Crippen LogP contribution < -0.4 is 10.6 Å². The molecule has 0 saturated carbocycles. The Balaban J connectivity index is 1.87. The summed E-state index contributed by atoms with van der Waals surface area (Å²) in [6, 6.07) is 13.5. The first-order valence-electron chi connectivity index (χ1n) is 7.92. The molecule has 6 nitrogen and oxygen atoms in total. The monoisotopic (exact) mass is 340 g/mol. The fraction of sp³-hybridized carbons (Fsp3) is 0.211. The molecule has 2 aromatic carbocycles. The first-order valence-corrected chi connectivity index (χ1v) is 7.92. The average molecular weight is 340 g/mol. The second kappa shape index (κ2) is 8.63. The number of aryl methyl sites for hydroxylation is 1. The molecule has 0 radical (unpaired) electrons. The average Bonchev–Trinajstić information content (AvgIpc) is 2.61. The van der Waals surface area contributed by atoms with Crippen molar-refractivity contribution in [3.8, 4) is 0 Å². The van der Waals surface area contributed by atoms with Crippen molar-refractivity contribution in [2.75, 3.05) is 18.5 Å². The van der Waals surface area contributed by atoms with Crippen LogP contribution in [0, 0.1) is 6.92 Å². The van der Waals surface area contributed by atoms with Crippen LogP contribution in [-0.2, 0) is 9.53 Å². The molecule has 2 N–H and O–H groups in total. The third-order valence-electron chi connectivity index (χ3n) is 3.48. The highest BCUT2D eigenvalue weighted by Gasteiger charge is 2.11. The number of anilines is 1. The number of esters is 1. The van der Waals surface area contributed by atoms with Crippen LogP contribution in [-0.4, -0.2) is 30.9 Å². The van der Waals surface area contributed by atoms with Crippen LogP contribution in [0.5, 0.6) is 0 Å². The molecule has 25 heavy (non-hydrogen) atoms. The molecule has 2 amide bonds. The van der Waals surface area contributed by atoms with Crippen molar-refractivity contribution >= 4 is 23.5 Å². The first kappa shape index (κ1) is 18.2. The number of carbonyl (C=O) groups excluding carboxylic acids is 3. The lowest BCUT2D eigenvalue weighted by Gasteiger charge is -2.09. The summed E-state index contributed by atoms with van der Waals surface area (Å²) >= 11 is 0.